The van der Waals surface area contributed by atoms with Crippen LogP contribution in [0, 0.1) is 23.0 Å². The zero-order chi connectivity index (χ0) is 20.1. The lowest BCUT2D eigenvalue weighted by atomic mass is 10.0. The van der Waals surface area contributed by atoms with Gasteiger partial charge in [-0.25, -0.2) is 9.18 Å². The molecule has 0 heterocycles. The molecule has 0 N–H and O–H groups in total. The quantitative estimate of drug-likeness (QED) is 0.456. The fourth-order valence-electron chi connectivity index (χ4n) is 2.56. The van der Waals surface area contributed by atoms with Crippen LogP contribution in [0.15, 0.2) is 60.7 Å². The summed E-state index contributed by atoms with van der Waals surface area (Å²) in [6, 6.07) is 17.6. The molecule has 140 valence electrons. The average Bonchev–Trinajstić information content (AvgIpc) is 2.72. The summed E-state index contributed by atoms with van der Waals surface area (Å²) in [5.41, 5.74) is 1.52. The first kappa shape index (κ1) is 19.1. The molecule has 3 aromatic rings. The second kappa shape index (κ2) is 8.31. The smallest absolute Gasteiger partial charge is 0.343 e. The first-order valence-electron chi connectivity index (χ1n) is 8.47. The molecule has 0 fully saturated rings. The van der Waals surface area contributed by atoms with Gasteiger partial charge >= 0.3 is 5.97 Å². The normalized spacial score (nSPS) is 10.2. The summed E-state index contributed by atoms with van der Waals surface area (Å²) in [5.74, 6) is -3.36. The number of carbonyl (C=O) groups is 1. The molecule has 0 aliphatic heterocycles. The van der Waals surface area contributed by atoms with E-state index in [2.05, 4.69) is 0 Å². The summed E-state index contributed by atoms with van der Waals surface area (Å²) in [6.07, 6.45) is 0. The van der Waals surface area contributed by atoms with Crippen LogP contribution >= 0.6 is 0 Å². The molecule has 0 atom stereocenters. The lowest BCUT2D eigenvalue weighted by Crippen LogP contribution is -2.10. The number of esters is 1. The van der Waals surface area contributed by atoms with Crippen molar-refractivity contribution < 1.29 is 23.0 Å². The second-order valence-corrected chi connectivity index (χ2v) is 5.78. The maximum absolute atomic E-state index is 13.9. The van der Waals surface area contributed by atoms with E-state index in [1.165, 1.54) is 18.2 Å². The lowest BCUT2D eigenvalue weighted by Gasteiger charge is -2.08. The van der Waals surface area contributed by atoms with Crippen molar-refractivity contribution in [3.8, 4) is 28.7 Å². The number of hydrogen-bond acceptors (Lipinski definition) is 4. The van der Waals surface area contributed by atoms with E-state index in [0.717, 1.165) is 29.0 Å². The first-order chi connectivity index (χ1) is 13.5. The van der Waals surface area contributed by atoms with E-state index in [-0.39, 0.29) is 5.56 Å². The standard InChI is InChI=1S/C22H15F2NO3/c1-2-27-18-10-7-15(8-11-18)14-3-5-16(6-4-14)22(26)28-19-12-9-17(13-25)20(23)21(19)24/h3-12H,2H2,1H3. The van der Waals surface area contributed by atoms with Gasteiger partial charge in [0.05, 0.1) is 17.7 Å². The van der Waals surface area contributed by atoms with Crippen LogP contribution < -0.4 is 9.47 Å². The third-order valence-corrected chi connectivity index (χ3v) is 3.99. The van der Waals surface area contributed by atoms with Crippen LogP contribution in [-0.4, -0.2) is 12.6 Å². The van der Waals surface area contributed by atoms with Gasteiger partial charge in [-0.1, -0.05) is 24.3 Å². The van der Waals surface area contributed by atoms with Gasteiger partial charge in [0, 0.05) is 0 Å². The van der Waals surface area contributed by atoms with E-state index >= 15 is 0 Å². The Labute approximate surface area is 160 Å². The molecule has 6 heteroatoms. The molecule has 0 radical (unpaired) electrons. The van der Waals surface area contributed by atoms with Crippen LogP contribution in [0.4, 0.5) is 8.78 Å². The minimum atomic E-state index is -1.38. The van der Waals surface area contributed by atoms with E-state index < -0.39 is 28.9 Å². The van der Waals surface area contributed by atoms with Crippen molar-refractivity contribution in [3.63, 3.8) is 0 Å². The Hall–Kier alpha value is -3.72. The summed E-state index contributed by atoms with van der Waals surface area (Å²) in [4.78, 5) is 12.2. The van der Waals surface area contributed by atoms with Gasteiger partial charge in [0.15, 0.2) is 11.6 Å². The fourth-order valence-corrected chi connectivity index (χ4v) is 2.56. The minimum Gasteiger partial charge on any atom is -0.494 e. The highest BCUT2D eigenvalue weighted by molar-refractivity contribution is 5.91. The van der Waals surface area contributed by atoms with Crippen molar-refractivity contribution in [2.24, 2.45) is 0 Å². The predicted molar refractivity (Wildman–Crippen MR) is 99.1 cm³/mol. The Bertz CT molecular complexity index is 1040. The van der Waals surface area contributed by atoms with Crippen LogP contribution in [0.2, 0.25) is 0 Å². The van der Waals surface area contributed by atoms with Gasteiger partial charge in [-0.15, -0.1) is 0 Å². The van der Waals surface area contributed by atoms with Crippen LogP contribution in [-0.2, 0) is 0 Å². The SMILES string of the molecule is CCOc1ccc(-c2ccc(C(=O)Oc3ccc(C#N)c(F)c3F)cc2)cc1. The number of hydrogen-bond donors (Lipinski definition) is 0. The largest absolute Gasteiger partial charge is 0.494 e. The molecule has 28 heavy (non-hydrogen) atoms. The summed E-state index contributed by atoms with van der Waals surface area (Å²) in [7, 11) is 0. The minimum absolute atomic E-state index is 0.179. The van der Waals surface area contributed by atoms with Crippen LogP contribution in [0.5, 0.6) is 11.5 Å². The zero-order valence-corrected chi connectivity index (χ0v) is 14.9. The Balaban J connectivity index is 1.75. The molecule has 3 aromatic carbocycles. The van der Waals surface area contributed by atoms with Crippen LogP contribution in [0.1, 0.15) is 22.8 Å². The Morgan fingerprint density at radius 1 is 0.929 bits per heavy atom. The Morgan fingerprint density at radius 2 is 1.54 bits per heavy atom. The Morgan fingerprint density at radius 3 is 2.11 bits per heavy atom. The predicted octanol–water partition coefficient (Wildman–Crippen LogP) is 5.12. The highest BCUT2D eigenvalue weighted by atomic mass is 19.2. The van der Waals surface area contributed by atoms with Gasteiger partial charge in [-0.3, -0.25) is 0 Å². The molecule has 0 amide bonds. The van der Waals surface area contributed by atoms with Gasteiger partial charge < -0.3 is 9.47 Å². The Kier molecular flexibility index (Phi) is 5.66. The maximum atomic E-state index is 13.9. The monoisotopic (exact) mass is 379 g/mol. The number of carbonyl (C=O) groups excluding carboxylic acids is 1. The molecule has 0 aliphatic rings. The van der Waals surface area contributed by atoms with Crippen molar-refractivity contribution >= 4 is 5.97 Å². The number of rotatable bonds is 5. The molecule has 0 unspecified atom stereocenters. The van der Waals surface area contributed by atoms with E-state index in [1.807, 2.05) is 31.2 Å². The van der Waals surface area contributed by atoms with Crippen LogP contribution in [0.3, 0.4) is 0 Å². The van der Waals surface area contributed by atoms with Gasteiger partial charge in [0.1, 0.15) is 11.8 Å². The molecular weight excluding hydrogens is 364 g/mol. The molecule has 0 saturated carbocycles. The van der Waals surface area contributed by atoms with E-state index in [0.29, 0.717) is 6.61 Å². The summed E-state index contributed by atoms with van der Waals surface area (Å²) in [5, 5.41) is 8.68. The summed E-state index contributed by atoms with van der Waals surface area (Å²) < 4.78 is 37.8. The van der Waals surface area contributed by atoms with Crippen molar-refractivity contribution in [1.29, 1.82) is 5.26 Å². The lowest BCUT2D eigenvalue weighted by molar-refractivity contribution is 0.0726. The van der Waals surface area contributed by atoms with E-state index in [1.54, 1.807) is 12.1 Å². The van der Waals surface area contributed by atoms with Gasteiger partial charge in [-0.2, -0.15) is 9.65 Å². The van der Waals surface area contributed by atoms with Gasteiger partial charge in [0.25, 0.3) is 0 Å². The molecule has 0 bridgehead atoms. The average molecular weight is 379 g/mol. The number of nitriles is 1. The molecule has 0 saturated heterocycles. The highest BCUT2D eigenvalue weighted by Crippen LogP contribution is 2.25. The van der Waals surface area contributed by atoms with Gasteiger partial charge in [0.2, 0.25) is 5.82 Å². The number of benzene rings is 3. The third kappa shape index (κ3) is 3.99. The molecular formula is C22H15F2NO3. The van der Waals surface area contributed by atoms with Crippen molar-refractivity contribution in [2.45, 2.75) is 6.92 Å². The van der Waals surface area contributed by atoms with Crippen molar-refractivity contribution in [2.75, 3.05) is 6.61 Å². The third-order valence-electron chi connectivity index (χ3n) is 3.99. The highest BCUT2D eigenvalue weighted by Gasteiger charge is 2.18. The molecule has 0 aliphatic carbocycles. The topological polar surface area (TPSA) is 59.3 Å². The number of nitrogens with zero attached hydrogens (tertiary/aromatic N) is 1. The van der Waals surface area contributed by atoms with Crippen LogP contribution in [0.25, 0.3) is 11.1 Å². The summed E-state index contributed by atoms with van der Waals surface area (Å²) >= 11 is 0. The molecule has 0 spiro atoms. The van der Waals surface area contributed by atoms with Gasteiger partial charge in [-0.05, 0) is 54.4 Å². The first-order valence-corrected chi connectivity index (χ1v) is 8.47. The molecule has 0 aromatic heterocycles. The fraction of sp³-hybridized carbons (Fsp3) is 0.0909. The number of ether oxygens (including phenoxy) is 2. The number of halogens is 2. The summed E-state index contributed by atoms with van der Waals surface area (Å²) in [6.45, 7) is 2.49. The maximum Gasteiger partial charge on any atom is 0.343 e. The zero-order valence-electron chi connectivity index (χ0n) is 14.9. The van der Waals surface area contributed by atoms with Crippen molar-refractivity contribution in [3.05, 3.63) is 83.4 Å². The van der Waals surface area contributed by atoms with E-state index in [9.17, 15) is 13.6 Å². The van der Waals surface area contributed by atoms with E-state index in [4.69, 9.17) is 14.7 Å². The second-order valence-electron chi connectivity index (χ2n) is 5.78. The van der Waals surface area contributed by atoms with Crippen molar-refractivity contribution in [1.82, 2.24) is 0 Å². The molecule has 4 nitrogen and oxygen atoms in total. The molecule has 3 rings (SSSR count).